The van der Waals surface area contributed by atoms with E-state index in [1.165, 1.54) is 36.0 Å². The Balaban J connectivity index is 1.56. The molecule has 0 aliphatic heterocycles. The molecular formula is C20H18N2O5S2. The summed E-state index contributed by atoms with van der Waals surface area (Å²) in [6.45, 7) is 1.47. The summed E-state index contributed by atoms with van der Waals surface area (Å²) in [4.78, 5) is 4.88. The lowest BCUT2D eigenvalue weighted by atomic mass is 9.99. The normalized spacial score (nSPS) is 14.0. The van der Waals surface area contributed by atoms with Crippen LogP contribution in [0.25, 0.3) is 11.3 Å². The molecule has 4 rings (SSSR count). The fourth-order valence-electron chi connectivity index (χ4n) is 2.91. The van der Waals surface area contributed by atoms with Gasteiger partial charge in [0.25, 0.3) is 0 Å². The molecule has 2 N–H and O–H groups in total. The Morgan fingerprint density at radius 3 is 2.52 bits per heavy atom. The quantitative estimate of drug-likeness (QED) is 0.465. The van der Waals surface area contributed by atoms with Crippen LogP contribution in [0, 0.1) is 6.92 Å². The van der Waals surface area contributed by atoms with Crippen LogP contribution < -0.4 is 4.72 Å². The lowest BCUT2D eigenvalue weighted by Gasteiger charge is -2.25. The molecule has 0 saturated heterocycles. The first kappa shape index (κ1) is 19.6. The third-order valence-electron chi connectivity index (χ3n) is 4.46. The Morgan fingerprint density at radius 2 is 1.93 bits per heavy atom. The highest BCUT2D eigenvalue weighted by atomic mass is 32.2. The molecule has 0 bridgehead atoms. The summed E-state index contributed by atoms with van der Waals surface area (Å²) in [6.07, 6.45) is 2.95. The lowest BCUT2D eigenvalue weighted by Crippen LogP contribution is -2.40. The number of aromatic nitrogens is 1. The number of nitrogens with one attached hydrogen (secondary N) is 1. The molecule has 4 aromatic rings. The molecule has 0 fully saturated rings. The van der Waals surface area contributed by atoms with E-state index >= 15 is 0 Å². The Hall–Kier alpha value is -2.72. The van der Waals surface area contributed by atoms with Crippen molar-refractivity contribution in [3.63, 3.8) is 0 Å². The highest BCUT2D eigenvalue weighted by Gasteiger charge is 2.37. The van der Waals surface area contributed by atoms with E-state index in [0.29, 0.717) is 16.5 Å². The van der Waals surface area contributed by atoms with Crippen LogP contribution in [0.5, 0.6) is 0 Å². The zero-order valence-electron chi connectivity index (χ0n) is 15.4. The number of hydrogen-bond acceptors (Lipinski definition) is 7. The van der Waals surface area contributed by atoms with Gasteiger partial charge in [-0.25, -0.2) is 18.1 Å². The third-order valence-corrected chi connectivity index (χ3v) is 6.89. The second kappa shape index (κ2) is 7.60. The molecule has 7 nitrogen and oxygen atoms in total. The Bertz CT molecular complexity index is 1140. The van der Waals surface area contributed by atoms with Gasteiger partial charge in [-0.1, -0.05) is 18.2 Å². The van der Waals surface area contributed by atoms with Crippen molar-refractivity contribution in [2.75, 3.05) is 6.54 Å². The van der Waals surface area contributed by atoms with Crippen LogP contribution in [0.3, 0.4) is 0 Å². The number of thiophene rings is 1. The van der Waals surface area contributed by atoms with Gasteiger partial charge in [-0.05, 0) is 35.7 Å². The van der Waals surface area contributed by atoms with Crippen LogP contribution in [0.2, 0.25) is 0 Å². The van der Waals surface area contributed by atoms with E-state index in [0.717, 1.165) is 5.56 Å². The summed E-state index contributed by atoms with van der Waals surface area (Å²) in [6, 6.07) is 13.1. The fraction of sp³-hybridized carbons (Fsp3) is 0.150. The van der Waals surface area contributed by atoms with Crippen molar-refractivity contribution < 1.29 is 22.4 Å². The van der Waals surface area contributed by atoms with Crippen LogP contribution in [0.1, 0.15) is 16.5 Å². The van der Waals surface area contributed by atoms with Gasteiger partial charge in [-0.3, -0.25) is 0 Å². The topological polar surface area (TPSA) is 106 Å². The molecule has 1 atom stereocenters. The maximum absolute atomic E-state index is 12.8. The average Bonchev–Trinajstić information content (AvgIpc) is 3.49. The Labute approximate surface area is 171 Å². The number of aliphatic hydroxyl groups is 1. The molecule has 3 heterocycles. The number of oxazole rings is 1. The van der Waals surface area contributed by atoms with E-state index in [9.17, 15) is 13.5 Å². The van der Waals surface area contributed by atoms with Gasteiger partial charge < -0.3 is 13.9 Å². The molecule has 0 spiro atoms. The molecular weight excluding hydrogens is 412 g/mol. The van der Waals surface area contributed by atoms with Crippen molar-refractivity contribution in [2.45, 2.75) is 17.4 Å². The first-order chi connectivity index (χ1) is 13.9. The SMILES string of the molecule is Cc1nc(-c2ccc(S(=O)(=O)NC[C@](O)(c3ccco3)c3cccs3)cc2)co1. The number of rotatable bonds is 7. The van der Waals surface area contributed by atoms with Gasteiger partial charge in [0.15, 0.2) is 11.5 Å². The highest BCUT2D eigenvalue weighted by Crippen LogP contribution is 2.33. The van der Waals surface area contributed by atoms with Crippen LogP contribution in [-0.2, 0) is 15.6 Å². The predicted octanol–water partition coefficient (Wildman–Crippen LogP) is 3.52. The standard InChI is InChI=1S/C20H18N2O5S2/c1-14-22-17(12-27-14)15-6-8-16(9-7-15)29(24,25)21-13-20(23,18-4-2-10-26-18)19-5-3-11-28-19/h2-12,21,23H,13H2,1H3/t20-/m0/s1. The molecule has 0 aliphatic carbocycles. The molecule has 3 aromatic heterocycles. The van der Waals surface area contributed by atoms with Crippen molar-refractivity contribution in [1.82, 2.24) is 9.71 Å². The molecule has 0 unspecified atom stereocenters. The molecule has 9 heteroatoms. The van der Waals surface area contributed by atoms with E-state index in [4.69, 9.17) is 8.83 Å². The number of benzene rings is 1. The number of sulfonamides is 1. The first-order valence-corrected chi connectivity index (χ1v) is 11.1. The zero-order chi connectivity index (χ0) is 20.5. The van der Waals surface area contributed by atoms with Crippen molar-refractivity contribution in [1.29, 1.82) is 0 Å². The first-order valence-electron chi connectivity index (χ1n) is 8.71. The lowest BCUT2D eigenvalue weighted by molar-refractivity contribution is 0.0655. The number of hydrogen-bond donors (Lipinski definition) is 2. The Morgan fingerprint density at radius 1 is 1.14 bits per heavy atom. The van der Waals surface area contributed by atoms with Crippen LogP contribution in [0.15, 0.2) is 80.2 Å². The largest absolute Gasteiger partial charge is 0.466 e. The van der Waals surface area contributed by atoms with Crippen molar-refractivity contribution in [2.24, 2.45) is 0 Å². The molecule has 0 saturated carbocycles. The van der Waals surface area contributed by atoms with Gasteiger partial charge in [0.05, 0.1) is 17.7 Å². The predicted molar refractivity (Wildman–Crippen MR) is 108 cm³/mol. The monoisotopic (exact) mass is 430 g/mol. The molecule has 0 aliphatic rings. The second-order valence-electron chi connectivity index (χ2n) is 6.42. The summed E-state index contributed by atoms with van der Waals surface area (Å²) in [5.74, 6) is 0.795. The van der Waals surface area contributed by atoms with E-state index < -0.39 is 15.6 Å². The number of nitrogens with zero attached hydrogens (tertiary/aromatic N) is 1. The van der Waals surface area contributed by atoms with Gasteiger partial charge in [-0.15, -0.1) is 11.3 Å². The van der Waals surface area contributed by atoms with Gasteiger partial charge in [0, 0.05) is 17.4 Å². The Kier molecular flexibility index (Phi) is 5.13. The van der Waals surface area contributed by atoms with Crippen LogP contribution in [0.4, 0.5) is 0 Å². The van der Waals surface area contributed by atoms with Gasteiger partial charge >= 0.3 is 0 Å². The zero-order valence-corrected chi connectivity index (χ0v) is 17.0. The van der Waals surface area contributed by atoms with E-state index in [1.54, 1.807) is 43.3 Å². The van der Waals surface area contributed by atoms with Crippen molar-refractivity contribution in [3.8, 4) is 11.3 Å². The van der Waals surface area contributed by atoms with E-state index in [2.05, 4.69) is 9.71 Å². The van der Waals surface area contributed by atoms with Gasteiger partial charge in [0.2, 0.25) is 10.0 Å². The van der Waals surface area contributed by atoms with Crippen molar-refractivity contribution in [3.05, 3.63) is 83.0 Å². The van der Waals surface area contributed by atoms with E-state index in [1.807, 2.05) is 5.38 Å². The average molecular weight is 431 g/mol. The maximum Gasteiger partial charge on any atom is 0.240 e. The number of aryl methyl sites for hydroxylation is 1. The fourth-order valence-corrected chi connectivity index (χ4v) is 4.80. The summed E-state index contributed by atoms with van der Waals surface area (Å²) in [7, 11) is -3.86. The van der Waals surface area contributed by atoms with E-state index in [-0.39, 0.29) is 17.2 Å². The van der Waals surface area contributed by atoms with Crippen LogP contribution >= 0.6 is 11.3 Å². The van der Waals surface area contributed by atoms with Gasteiger partial charge in [0.1, 0.15) is 17.7 Å². The minimum atomic E-state index is -3.86. The summed E-state index contributed by atoms with van der Waals surface area (Å²) in [5.41, 5.74) is -0.237. The third kappa shape index (κ3) is 3.90. The maximum atomic E-state index is 12.8. The highest BCUT2D eigenvalue weighted by molar-refractivity contribution is 7.89. The second-order valence-corrected chi connectivity index (χ2v) is 9.13. The smallest absolute Gasteiger partial charge is 0.240 e. The van der Waals surface area contributed by atoms with Gasteiger partial charge in [-0.2, -0.15) is 0 Å². The summed E-state index contributed by atoms with van der Waals surface area (Å²) in [5, 5.41) is 13.0. The summed E-state index contributed by atoms with van der Waals surface area (Å²) >= 11 is 1.32. The molecule has 1 aromatic carbocycles. The summed E-state index contributed by atoms with van der Waals surface area (Å²) < 4.78 is 38.6. The number of furan rings is 1. The molecule has 29 heavy (non-hydrogen) atoms. The minimum absolute atomic E-state index is 0.0782. The molecule has 0 amide bonds. The van der Waals surface area contributed by atoms with Crippen LogP contribution in [-0.4, -0.2) is 25.1 Å². The molecule has 150 valence electrons. The molecule has 0 radical (unpaired) electrons. The minimum Gasteiger partial charge on any atom is -0.466 e. The van der Waals surface area contributed by atoms with Crippen molar-refractivity contribution >= 4 is 21.4 Å².